The molecule has 0 radical (unpaired) electrons. The molecule has 3 saturated heterocycles. The first kappa shape index (κ1) is 39.3. The molecule has 3 heterocycles. The van der Waals surface area contributed by atoms with Crippen LogP contribution < -0.4 is 10.2 Å². The average molecular weight is 769 g/mol. The molecule has 6 rings (SSSR count). The number of benzene rings is 2. The molecule has 1 N–H and O–H groups in total. The summed E-state index contributed by atoms with van der Waals surface area (Å²) in [4.78, 5) is 33.4. The number of rotatable bonds is 13. The van der Waals surface area contributed by atoms with E-state index >= 15 is 0 Å². The molecular weight excluding hydrogens is 716 g/mol. The van der Waals surface area contributed by atoms with E-state index < -0.39 is 26.6 Å². The number of halogens is 1. The first-order chi connectivity index (χ1) is 25.3. The third-order valence-corrected chi connectivity index (χ3v) is 14.4. The number of thiol groups is 1. The SMILES string of the molecule is COC(=O)N[C@H]1CCC[C@@H]1[C@](C#N)(c1cccc(F)c1)C1CCN(CC2CN(c3ccc(S(=O)(=O)C4CN(C(=O)C[C@H](S)CN(C)C)C4)cc3)C2)CC1. The molecule has 14 heteroatoms. The van der Waals surface area contributed by atoms with Gasteiger partial charge in [0.05, 0.1) is 23.5 Å². The maximum atomic E-state index is 14.6. The summed E-state index contributed by atoms with van der Waals surface area (Å²) in [5.41, 5.74) is 0.754. The molecule has 1 aliphatic carbocycles. The van der Waals surface area contributed by atoms with Gasteiger partial charge in [-0.15, -0.1) is 0 Å². The highest BCUT2D eigenvalue weighted by Crippen LogP contribution is 2.50. The first-order valence-corrected chi connectivity index (χ1v) is 20.8. The Bertz CT molecular complexity index is 1750. The van der Waals surface area contributed by atoms with E-state index in [-0.39, 0.29) is 59.3 Å². The highest BCUT2D eigenvalue weighted by atomic mass is 32.2. The number of amides is 2. The van der Waals surface area contributed by atoms with Crippen LogP contribution in [0.1, 0.15) is 44.1 Å². The van der Waals surface area contributed by atoms with Gasteiger partial charge in [0.2, 0.25) is 5.91 Å². The topological polar surface area (TPSA) is 126 Å². The molecule has 3 aliphatic heterocycles. The summed E-state index contributed by atoms with van der Waals surface area (Å²) in [6.45, 7) is 5.47. The van der Waals surface area contributed by atoms with Gasteiger partial charge in [-0.3, -0.25) is 4.79 Å². The number of sulfone groups is 1. The molecule has 53 heavy (non-hydrogen) atoms. The summed E-state index contributed by atoms with van der Waals surface area (Å²) in [5.74, 6) is -0.0893. The number of nitrogens with zero attached hydrogens (tertiary/aromatic N) is 5. The smallest absolute Gasteiger partial charge is 0.407 e. The number of hydrogen-bond acceptors (Lipinski definition) is 10. The summed E-state index contributed by atoms with van der Waals surface area (Å²) < 4.78 is 46.1. The number of carbonyl (C=O) groups is 2. The molecule has 2 amide bonds. The van der Waals surface area contributed by atoms with E-state index in [1.807, 2.05) is 37.2 Å². The predicted molar refractivity (Wildman–Crippen MR) is 205 cm³/mol. The average Bonchev–Trinajstić information content (AvgIpc) is 3.54. The minimum absolute atomic E-state index is 0.0141. The number of carbonyl (C=O) groups excluding carboxylic acids is 2. The number of methoxy groups -OCH3 is 1. The lowest BCUT2D eigenvalue weighted by Gasteiger charge is -2.48. The van der Waals surface area contributed by atoms with Gasteiger partial charge in [-0.2, -0.15) is 17.9 Å². The van der Waals surface area contributed by atoms with Crippen LogP contribution in [-0.2, 0) is 24.8 Å². The highest BCUT2D eigenvalue weighted by molar-refractivity contribution is 7.92. The van der Waals surface area contributed by atoms with Crippen molar-refractivity contribution >= 4 is 40.2 Å². The van der Waals surface area contributed by atoms with Gasteiger partial charge in [0.1, 0.15) is 11.1 Å². The molecule has 0 unspecified atom stereocenters. The van der Waals surface area contributed by atoms with Crippen LogP contribution in [0.5, 0.6) is 0 Å². The Labute approximate surface area is 319 Å². The Morgan fingerprint density at radius 3 is 2.40 bits per heavy atom. The lowest BCUT2D eigenvalue weighted by atomic mass is 9.59. The molecule has 4 atom stereocenters. The van der Waals surface area contributed by atoms with Crippen molar-refractivity contribution in [2.45, 2.75) is 65.4 Å². The maximum Gasteiger partial charge on any atom is 0.407 e. The van der Waals surface area contributed by atoms with Crippen LogP contribution in [0, 0.1) is 34.9 Å². The van der Waals surface area contributed by atoms with Crippen molar-refractivity contribution in [1.82, 2.24) is 20.0 Å². The summed E-state index contributed by atoms with van der Waals surface area (Å²) in [6.07, 6.45) is 3.79. The normalized spacial score (nSPS) is 23.5. The molecule has 0 bridgehead atoms. The van der Waals surface area contributed by atoms with Crippen LogP contribution in [0.2, 0.25) is 0 Å². The minimum Gasteiger partial charge on any atom is -0.453 e. The monoisotopic (exact) mass is 768 g/mol. The van der Waals surface area contributed by atoms with E-state index in [4.69, 9.17) is 4.74 Å². The molecule has 288 valence electrons. The maximum absolute atomic E-state index is 14.6. The van der Waals surface area contributed by atoms with Gasteiger partial charge in [-0.05, 0) is 101 Å². The van der Waals surface area contributed by atoms with Crippen LogP contribution in [0.3, 0.4) is 0 Å². The zero-order chi connectivity index (χ0) is 37.9. The number of hydrogen-bond donors (Lipinski definition) is 2. The van der Waals surface area contributed by atoms with Gasteiger partial charge in [-0.25, -0.2) is 17.6 Å². The second-order valence-electron chi connectivity index (χ2n) is 15.7. The largest absolute Gasteiger partial charge is 0.453 e. The van der Waals surface area contributed by atoms with E-state index in [1.165, 1.54) is 19.2 Å². The van der Waals surface area contributed by atoms with Crippen molar-refractivity contribution in [2.75, 3.05) is 78.5 Å². The Balaban J connectivity index is 1.00. The molecule has 2 aromatic rings. The molecule has 4 fully saturated rings. The van der Waals surface area contributed by atoms with Crippen molar-refractivity contribution in [2.24, 2.45) is 17.8 Å². The van der Waals surface area contributed by atoms with Gasteiger partial charge < -0.3 is 29.7 Å². The second-order valence-corrected chi connectivity index (χ2v) is 18.7. The van der Waals surface area contributed by atoms with Crippen LogP contribution in [0.15, 0.2) is 53.4 Å². The summed E-state index contributed by atoms with van der Waals surface area (Å²) >= 11 is 4.49. The first-order valence-electron chi connectivity index (χ1n) is 18.8. The van der Waals surface area contributed by atoms with Crippen molar-refractivity contribution in [3.05, 3.63) is 59.9 Å². The summed E-state index contributed by atoms with van der Waals surface area (Å²) in [6, 6.07) is 16.1. The zero-order valence-corrected chi connectivity index (χ0v) is 32.7. The van der Waals surface area contributed by atoms with E-state index in [9.17, 15) is 27.7 Å². The number of alkyl carbamates (subject to hydrolysis) is 1. The fourth-order valence-corrected chi connectivity index (χ4v) is 11.3. The predicted octanol–water partition coefficient (Wildman–Crippen LogP) is 4.19. The van der Waals surface area contributed by atoms with Crippen molar-refractivity contribution < 1.29 is 27.1 Å². The van der Waals surface area contributed by atoms with E-state index in [0.29, 0.717) is 18.0 Å². The highest BCUT2D eigenvalue weighted by Gasteiger charge is 2.53. The van der Waals surface area contributed by atoms with Gasteiger partial charge in [0.15, 0.2) is 9.84 Å². The zero-order valence-electron chi connectivity index (χ0n) is 31.0. The third-order valence-electron chi connectivity index (χ3n) is 11.9. The molecule has 11 nitrogen and oxygen atoms in total. The van der Waals surface area contributed by atoms with E-state index in [1.54, 1.807) is 23.1 Å². The Kier molecular flexibility index (Phi) is 12.3. The van der Waals surface area contributed by atoms with Crippen LogP contribution in [0.25, 0.3) is 0 Å². The lowest BCUT2D eigenvalue weighted by Crippen LogP contribution is -2.57. The number of likely N-dealkylation sites (tertiary alicyclic amines) is 2. The minimum atomic E-state index is -3.54. The second kappa shape index (κ2) is 16.6. The Morgan fingerprint density at radius 1 is 1.08 bits per heavy atom. The quantitative estimate of drug-likeness (QED) is 0.289. The standard InChI is InChI=1S/C39H53FN6O5S2/c1-43(2)23-32(52)19-37(47)46-24-34(25-46)53(49,50)33-12-10-31(11-13-33)45-21-27(22-45)20-44-16-14-28(15-17-44)39(26-41,29-6-4-7-30(40)18-29)35-8-5-9-36(35)42-38(48)51-3/h4,6-7,10-13,18,27-28,32,34-36,52H,5,8-9,14-17,19-25H2,1-3H3,(H,42,48)/t32-,35-,36-,39-/m0/s1. The van der Waals surface area contributed by atoms with Crippen LogP contribution >= 0.6 is 12.6 Å². The van der Waals surface area contributed by atoms with Crippen molar-refractivity contribution in [1.29, 1.82) is 5.26 Å². The van der Waals surface area contributed by atoms with E-state index in [0.717, 1.165) is 70.5 Å². The van der Waals surface area contributed by atoms with Crippen LogP contribution in [-0.4, -0.2) is 125 Å². The van der Waals surface area contributed by atoms with Crippen molar-refractivity contribution in [3.8, 4) is 6.07 Å². The lowest BCUT2D eigenvalue weighted by molar-refractivity contribution is -0.134. The number of piperidine rings is 1. The molecule has 1 saturated carbocycles. The van der Waals surface area contributed by atoms with Crippen molar-refractivity contribution in [3.63, 3.8) is 0 Å². The third kappa shape index (κ3) is 8.48. The fourth-order valence-electron chi connectivity index (χ4n) is 9.15. The Hall–Kier alpha value is -3.38. The van der Waals surface area contributed by atoms with Gasteiger partial charge in [-0.1, -0.05) is 18.6 Å². The molecule has 2 aromatic carbocycles. The molecular formula is C39H53FN6O5S2. The van der Waals surface area contributed by atoms with Crippen LogP contribution in [0.4, 0.5) is 14.9 Å². The molecule has 4 aliphatic rings. The van der Waals surface area contributed by atoms with Gasteiger partial charge in [0, 0.05) is 74.5 Å². The summed E-state index contributed by atoms with van der Waals surface area (Å²) in [7, 11) is 1.66. The number of ether oxygens (including phenoxy) is 1. The van der Waals surface area contributed by atoms with E-state index in [2.05, 4.69) is 33.8 Å². The Morgan fingerprint density at radius 2 is 1.77 bits per heavy atom. The molecule has 0 aromatic heterocycles. The molecule has 0 spiro atoms. The van der Waals surface area contributed by atoms with Gasteiger partial charge >= 0.3 is 6.09 Å². The summed E-state index contributed by atoms with van der Waals surface area (Å²) in [5, 5.41) is 13.2. The fraction of sp³-hybridized carbons (Fsp3) is 0.615. The van der Waals surface area contributed by atoms with Gasteiger partial charge in [0.25, 0.3) is 0 Å². The number of nitrogens with one attached hydrogen (secondary N) is 1. The number of nitriles is 1. The number of anilines is 1.